The van der Waals surface area contributed by atoms with Gasteiger partial charge in [0.2, 0.25) is 0 Å². The van der Waals surface area contributed by atoms with Crippen LogP contribution in [0, 0.1) is 0 Å². The van der Waals surface area contributed by atoms with Crippen LogP contribution in [-0.4, -0.2) is 31.6 Å². The van der Waals surface area contributed by atoms with E-state index in [2.05, 4.69) is 15.4 Å². The highest BCUT2D eigenvalue weighted by Gasteiger charge is 2.16. The van der Waals surface area contributed by atoms with E-state index < -0.39 is 0 Å². The number of hydrogen-bond donors (Lipinski definition) is 2. The van der Waals surface area contributed by atoms with Gasteiger partial charge >= 0.3 is 5.97 Å². The number of rotatable bonds is 4. The smallest absolute Gasteiger partial charge is 0.322 e. The Kier molecular flexibility index (Phi) is 4.01. The molecule has 2 N–H and O–H groups in total. The van der Waals surface area contributed by atoms with Crippen molar-refractivity contribution < 1.29 is 19.1 Å². The van der Waals surface area contributed by atoms with Gasteiger partial charge < -0.3 is 20.1 Å². The van der Waals surface area contributed by atoms with Crippen LogP contribution in [0.1, 0.15) is 12.5 Å². The number of anilines is 1. The lowest BCUT2D eigenvalue weighted by Gasteiger charge is -2.19. The number of carbonyl (C=O) groups excluding carboxylic acids is 2. The third-order valence-corrected chi connectivity index (χ3v) is 2.84. The first-order chi connectivity index (χ1) is 9.10. The summed E-state index contributed by atoms with van der Waals surface area (Å²) in [6.07, 6.45) is 0. The van der Waals surface area contributed by atoms with Gasteiger partial charge in [-0.2, -0.15) is 0 Å². The number of methoxy groups -OCH3 is 1. The molecule has 1 atom stereocenters. The summed E-state index contributed by atoms with van der Waals surface area (Å²) < 4.78 is 9.89. The highest BCUT2D eigenvalue weighted by atomic mass is 16.5. The first kappa shape index (κ1) is 13.4. The molecule has 1 aliphatic heterocycles. The molecule has 0 spiro atoms. The fourth-order valence-electron chi connectivity index (χ4n) is 1.77. The molecule has 1 amide bonds. The number of fused-ring (bicyclic) bond motifs is 1. The third kappa shape index (κ3) is 3.23. The van der Waals surface area contributed by atoms with Crippen LogP contribution >= 0.6 is 0 Å². The summed E-state index contributed by atoms with van der Waals surface area (Å²) >= 11 is 0. The molecule has 0 bridgehead atoms. The minimum atomic E-state index is -0.383. The number of nitrogens with one attached hydrogen (secondary N) is 2. The van der Waals surface area contributed by atoms with E-state index in [1.54, 1.807) is 13.0 Å². The van der Waals surface area contributed by atoms with Gasteiger partial charge in [0.25, 0.3) is 5.91 Å². The maximum atomic E-state index is 11.2. The molecule has 0 aliphatic carbocycles. The summed E-state index contributed by atoms with van der Waals surface area (Å²) in [5.41, 5.74) is 1.60. The van der Waals surface area contributed by atoms with E-state index in [0.29, 0.717) is 18.0 Å². The van der Waals surface area contributed by atoms with Gasteiger partial charge in [0, 0.05) is 6.54 Å². The molecule has 102 valence electrons. The average molecular weight is 264 g/mol. The maximum absolute atomic E-state index is 11.2. The summed E-state index contributed by atoms with van der Waals surface area (Å²) in [6.45, 7) is 2.28. The Balaban J connectivity index is 2.00. The second-order valence-electron chi connectivity index (χ2n) is 4.29. The normalized spacial score (nSPS) is 14.9. The van der Waals surface area contributed by atoms with E-state index in [1.165, 1.54) is 7.11 Å². The minimum Gasteiger partial charge on any atom is -0.482 e. The van der Waals surface area contributed by atoms with Crippen LogP contribution in [0.5, 0.6) is 5.75 Å². The van der Waals surface area contributed by atoms with Crippen LogP contribution < -0.4 is 15.4 Å². The molecule has 1 aliphatic rings. The predicted molar refractivity (Wildman–Crippen MR) is 68.9 cm³/mol. The summed E-state index contributed by atoms with van der Waals surface area (Å²) in [5.74, 6) is 0.180. The molecule has 0 radical (unpaired) electrons. The Labute approximate surface area is 111 Å². The monoisotopic (exact) mass is 264 g/mol. The summed E-state index contributed by atoms with van der Waals surface area (Å²) in [5, 5.41) is 5.78. The molecule has 0 fully saturated rings. The van der Waals surface area contributed by atoms with Crippen LogP contribution in [-0.2, 0) is 20.9 Å². The standard InChI is InChI=1S/C13H16N2O4/c1-8(13(17)18-2)14-6-9-3-4-11-10(5-9)15-12(16)7-19-11/h3-5,8,14H,6-7H2,1-2H3,(H,15,16)/t8-/m0/s1. The van der Waals surface area contributed by atoms with Crippen LogP contribution in [0.2, 0.25) is 0 Å². The number of carbonyl (C=O) groups is 2. The third-order valence-electron chi connectivity index (χ3n) is 2.84. The molecular weight excluding hydrogens is 248 g/mol. The quantitative estimate of drug-likeness (QED) is 0.782. The molecule has 1 heterocycles. The molecule has 1 aromatic rings. The SMILES string of the molecule is COC(=O)[C@H](C)NCc1ccc2c(c1)NC(=O)CO2. The second-order valence-corrected chi connectivity index (χ2v) is 4.29. The van der Waals surface area contributed by atoms with Crippen LogP contribution in [0.25, 0.3) is 0 Å². The van der Waals surface area contributed by atoms with Gasteiger partial charge in [0.1, 0.15) is 11.8 Å². The van der Waals surface area contributed by atoms with Crippen molar-refractivity contribution in [1.29, 1.82) is 0 Å². The zero-order valence-corrected chi connectivity index (χ0v) is 10.9. The predicted octanol–water partition coefficient (Wildman–Crippen LogP) is 0.669. The van der Waals surface area contributed by atoms with Crippen molar-refractivity contribution in [2.75, 3.05) is 19.0 Å². The summed E-state index contributed by atoms with van der Waals surface area (Å²) in [4.78, 5) is 22.5. The zero-order valence-electron chi connectivity index (χ0n) is 10.9. The minimum absolute atomic E-state index is 0.0456. The van der Waals surface area contributed by atoms with Crippen molar-refractivity contribution in [2.24, 2.45) is 0 Å². The Hall–Kier alpha value is -2.08. The number of amides is 1. The molecule has 0 aromatic heterocycles. The maximum Gasteiger partial charge on any atom is 0.322 e. The average Bonchev–Trinajstić information content (AvgIpc) is 2.43. The Bertz CT molecular complexity index is 501. The van der Waals surface area contributed by atoms with Crippen molar-refractivity contribution >= 4 is 17.6 Å². The highest BCUT2D eigenvalue weighted by Crippen LogP contribution is 2.28. The molecule has 6 heteroatoms. The van der Waals surface area contributed by atoms with Gasteiger partial charge in [-0.1, -0.05) is 6.07 Å². The van der Waals surface area contributed by atoms with Gasteiger partial charge in [-0.05, 0) is 24.6 Å². The number of benzene rings is 1. The van der Waals surface area contributed by atoms with Gasteiger partial charge in [0.15, 0.2) is 6.61 Å². The van der Waals surface area contributed by atoms with Crippen LogP contribution in [0.15, 0.2) is 18.2 Å². The van der Waals surface area contributed by atoms with Crippen molar-refractivity contribution in [1.82, 2.24) is 5.32 Å². The number of hydrogen-bond acceptors (Lipinski definition) is 5. The molecule has 1 aromatic carbocycles. The van der Waals surface area contributed by atoms with E-state index >= 15 is 0 Å². The molecular formula is C13H16N2O4. The van der Waals surface area contributed by atoms with E-state index in [-0.39, 0.29) is 24.5 Å². The fourth-order valence-corrected chi connectivity index (χ4v) is 1.77. The second kappa shape index (κ2) is 5.71. The lowest BCUT2D eigenvalue weighted by atomic mass is 10.1. The van der Waals surface area contributed by atoms with Crippen molar-refractivity contribution in [3.8, 4) is 5.75 Å². The topological polar surface area (TPSA) is 76.7 Å². The Morgan fingerprint density at radius 1 is 1.58 bits per heavy atom. The first-order valence-electron chi connectivity index (χ1n) is 5.97. The lowest BCUT2D eigenvalue weighted by Crippen LogP contribution is -2.34. The first-order valence-corrected chi connectivity index (χ1v) is 5.97. The van der Waals surface area contributed by atoms with Crippen molar-refractivity contribution in [3.63, 3.8) is 0 Å². The van der Waals surface area contributed by atoms with Crippen LogP contribution in [0.4, 0.5) is 5.69 Å². The lowest BCUT2D eigenvalue weighted by molar-refractivity contribution is -0.142. The Morgan fingerprint density at radius 3 is 3.11 bits per heavy atom. The van der Waals surface area contributed by atoms with Crippen LogP contribution in [0.3, 0.4) is 0 Å². The molecule has 0 saturated heterocycles. The van der Waals surface area contributed by atoms with E-state index in [1.807, 2.05) is 12.1 Å². The number of ether oxygens (including phenoxy) is 2. The highest BCUT2D eigenvalue weighted by molar-refractivity contribution is 5.95. The van der Waals surface area contributed by atoms with E-state index in [4.69, 9.17) is 4.74 Å². The summed E-state index contributed by atoms with van der Waals surface area (Å²) in [7, 11) is 1.35. The van der Waals surface area contributed by atoms with Gasteiger partial charge in [0.05, 0.1) is 12.8 Å². The summed E-state index contributed by atoms with van der Waals surface area (Å²) in [6, 6.07) is 5.12. The van der Waals surface area contributed by atoms with Crippen molar-refractivity contribution in [2.45, 2.75) is 19.5 Å². The van der Waals surface area contributed by atoms with Crippen molar-refractivity contribution in [3.05, 3.63) is 23.8 Å². The Morgan fingerprint density at radius 2 is 2.37 bits per heavy atom. The molecule has 6 nitrogen and oxygen atoms in total. The molecule has 0 saturated carbocycles. The molecule has 0 unspecified atom stereocenters. The van der Waals surface area contributed by atoms with Gasteiger partial charge in [-0.15, -0.1) is 0 Å². The largest absolute Gasteiger partial charge is 0.482 e. The zero-order chi connectivity index (χ0) is 13.8. The van der Waals surface area contributed by atoms with Gasteiger partial charge in [-0.3, -0.25) is 9.59 Å². The molecule has 19 heavy (non-hydrogen) atoms. The fraction of sp³-hybridized carbons (Fsp3) is 0.385. The van der Waals surface area contributed by atoms with E-state index in [0.717, 1.165) is 5.56 Å². The molecule has 2 rings (SSSR count). The van der Waals surface area contributed by atoms with Gasteiger partial charge in [-0.25, -0.2) is 0 Å². The van der Waals surface area contributed by atoms with E-state index in [9.17, 15) is 9.59 Å². The number of esters is 1.